The van der Waals surface area contributed by atoms with Crippen LogP contribution in [0, 0.1) is 19.3 Å². The molecule has 0 aliphatic heterocycles. The Hall–Kier alpha value is -0.970. The Bertz CT molecular complexity index is 379. The van der Waals surface area contributed by atoms with Crippen molar-refractivity contribution in [1.29, 1.82) is 0 Å². The van der Waals surface area contributed by atoms with Gasteiger partial charge in [-0.05, 0) is 30.5 Å². The van der Waals surface area contributed by atoms with Crippen LogP contribution in [-0.2, 0) is 6.54 Å². The number of halogens is 1. The lowest BCUT2D eigenvalue weighted by molar-refractivity contribution is 0.506. The summed E-state index contributed by atoms with van der Waals surface area (Å²) in [5.74, 6) is 2.69. The minimum atomic E-state index is 0.404. The molecule has 1 aromatic rings. The summed E-state index contributed by atoms with van der Waals surface area (Å²) in [6, 6.07) is 6.50. The number of terminal acetylenes is 1. The van der Waals surface area contributed by atoms with Crippen molar-refractivity contribution in [3.8, 4) is 12.3 Å². The van der Waals surface area contributed by atoms with Crippen molar-refractivity contribution in [1.82, 2.24) is 5.32 Å². The summed E-state index contributed by atoms with van der Waals surface area (Å²) in [5, 5.41) is 4.27. The van der Waals surface area contributed by atoms with Gasteiger partial charge in [-0.15, -0.1) is 12.3 Å². The molecule has 0 radical (unpaired) electrons. The van der Waals surface area contributed by atoms with Gasteiger partial charge < -0.3 is 5.32 Å². The molecule has 0 aliphatic rings. The highest BCUT2D eigenvalue weighted by Crippen LogP contribution is 2.16. The Morgan fingerprint density at radius 2 is 2.25 bits per heavy atom. The number of hydrogen-bond donors (Lipinski definition) is 1. The Labute approximate surface area is 103 Å². The van der Waals surface area contributed by atoms with Gasteiger partial charge in [0.25, 0.3) is 0 Å². The summed E-state index contributed by atoms with van der Waals surface area (Å²) in [5.41, 5.74) is 2.36. The van der Waals surface area contributed by atoms with Gasteiger partial charge in [0.05, 0.1) is 0 Å². The van der Waals surface area contributed by atoms with Crippen LogP contribution in [-0.4, -0.2) is 6.04 Å². The first-order valence-electron chi connectivity index (χ1n) is 5.59. The van der Waals surface area contributed by atoms with Gasteiger partial charge in [-0.25, -0.2) is 0 Å². The molecule has 0 spiro atoms. The molecule has 0 saturated heterocycles. The van der Waals surface area contributed by atoms with Gasteiger partial charge in [0.2, 0.25) is 0 Å². The highest BCUT2D eigenvalue weighted by atomic mass is 35.5. The quantitative estimate of drug-likeness (QED) is 0.770. The Morgan fingerprint density at radius 3 is 2.81 bits per heavy atom. The number of hydrogen-bond acceptors (Lipinski definition) is 1. The van der Waals surface area contributed by atoms with Crippen LogP contribution in [0.1, 0.15) is 30.9 Å². The second-order valence-electron chi connectivity index (χ2n) is 3.98. The number of nitrogens with one attached hydrogen (secondary N) is 1. The van der Waals surface area contributed by atoms with Crippen LogP contribution in [0.25, 0.3) is 0 Å². The molecule has 1 atom stereocenters. The molecule has 1 nitrogen and oxygen atoms in total. The van der Waals surface area contributed by atoms with E-state index in [4.69, 9.17) is 18.0 Å². The van der Waals surface area contributed by atoms with Crippen molar-refractivity contribution < 1.29 is 0 Å². The first kappa shape index (κ1) is 13.1. The van der Waals surface area contributed by atoms with E-state index in [-0.39, 0.29) is 0 Å². The smallest absolute Gasteiger partial charge is 0.0435 e. The van der Waals surface area contributed by atoms with E-state index in [9.17, 15) is 0 Å². The fraction of sp³-hybridized carbons (Fsp3) is 0.429. The topological polar surface area (TPSA) is 12.0 Å². The van der Waals surface area contributed by atoms with Crippen molar-refractivity contribution >= 4 is 11.6 Å². The molecule has 86 valence electrons. The summed E-state index contributed by atoms with van der Waals surface area (Å²) in [4.78, 5) is 0. The summed E-state index contributed by atoms with van der Waals surface area (Å²) in [6.45, 7) is 5.00. The van der Waals surface area contributed by atoms with Crippen molar-refractivity contribution in [2.24, 2.45) is 0 Å². The molecule has 1 unspecified atom stereocenters. The van der Waals surface area contributed by atoms with Crippen molar-refractivity contribution in [3.05, 3.63) is 34.3 Å². The summed E-state index contributed by atoms with van der Waals surface area (Å²) >= 11 is 5.97. The fourth-order valence-corrected chi connectivity index (χ4v) is 1.70. The lowest BCUT2D eigenvalue weighted by atomic mass is 10.1. The third-order valence-electron chi connectivity index (χ3n) is 2.67. The normalized spacial score (nSPS) is 12.1. The van der Waals surface area contributed by atoms with E-state index in [0.29, 0.717) is 6.04 Å². The van der Waals surface area contributed by atoms with E-state index in [0.717, 1.165) is 30.0 Å². The molecular formula is C14H18ClN. The second kappa shape index (κ2) is 6.58. The van der Waals surface area contributed by atoms with E-state index in [1.165, 1.54) is 5.56 Å². The van der Waals surface area contributed by atoms with Gasteiger partial charge in [0.15, 0.2) is 0 Å². The molecule has 1 aromatic carbocycles. The number of benzene rings is 1. The van der Waals surface area contributed by atoms with Gasteiger partial charge >= 0.3 is 0 Å². The van der Waals surface area contributed by atoms with E-state index in [1.807, 2.05) is 19.1 Å². The molecule has 0 fully saturated rings. The molecule has 1 rings (SSSR count). The molecular weight excluding hydrogens is 218 g/mol. The number of aryl methyl sites for hydroxylation is 1. The van der Waals surface area contributed by atoms with Crippen molar-refractivity contribution in [2.75, 3.05) is 0 Å². The molecule has 1 N–H and O–H groups in total. The van der Waals surface area contributed by atoms with Gasteiger partial charge in [-0.1, -0.05) is 30.7 Å². The van der Waals surface area contributed by atoms with E-state index in [2.05, 4.69) is 24.2 Å². The van der Waals surface area contributed by atoms with Crippen LogP contribution in [0.15, 0.2) is 18.2 Å². The van der Waals surface area contributed by atoms with E-state index < -0.39 is 0 Å². The van der Waals surface area contributed by atoms with Crippen LogP contribution in [0.3, 0.4) is 0 Å². The maximum atomic E-state index is 5.97. The average molecular weight is 236 g/mol. The molecule has 0 aromatic heterocycles. The molecule has 0 heterocycles. The third-order valence-corrected chi connectivity index (χ3v) is 3.10. The molecule has 16 heavy (non-hydrogen) atoms. The Balaban J connectivity index is 2.54. The molecule has 0 amide bonds. The van der Waals surface area contributed by atoms with Gasteiger partial charge in [-0.2, -0.15) is 0 Å². The predicted octanol–water partition coefficient (Wildman–Crippen LogP) is 3.54. The fourth-order valence-electron chi connectivity index (χ4n) is 1.58. The molecule has 2 heteroatoms. The van der Waals surface area contributed by atoms with E-state index in [1.54, 1.807) is 0 Å². The largest absolute Gasteiger partial charge is 0.309 e. The van der Waals surface area contributed by atoms with Gasteiger partial charge in [-0.3, -0.25) is 0 Å². The summed E-state index contributed by atoms with van der Waals surface area (Å²) in [7, 11) is 0. The third kappa shape index (κ3) is 3.89. The zero-order valence-corrected chi connectivity index (χ0v) is 10.6. The lowest BCUT2D eigenvalue weighted by Crippen LogP contribution is -2.27. The Morgan fingerprint density at radius 1 is 1.50 bits per heavy atom. The van der Waals surface area contributed by atoms with Crippen LogP contribution in [0.4, 0.5) is 0 Å². The monoisotopic (exact) mass is 235 g/mol. The van der Waals surface area contributed by atoms with Crippen LogP contribution < -0.4 is 5.32 Å². The van der Waals surface area contributed by atoms with Crippen LogP contribution in [0.5, 0.6) is 0 Å². The molecule has 0 saturated carbocycles. The first-order chi connectivity index (χ1) is 7.67. The second-order valence-corrected chi connectivity index (χ2v) is 4.39. The first-order valence-corrected chi connectivity index (χ1v) is 5.97. The minimum Gasteiger partial charge on any atom is -0.309 e. The predicted molar refractivity (Wildman–Crippen MR) is 70.6 cm³/mol. The van der Waals surface area contributed by atoms with Crippen LogP contribution in [0.2, 0.25) is 5.02 Å². The summed E-state index contributed by atoms with van der Waals surface area (Å²) in [6.07, 6.45) is 7.14. The summed E-state index contributed by atoms with van der Waals surface area (Å²) < 4.78 is 0. The number of rotatable bonds is 5. The average Bonchev–Trinajstić information content (AvgIpc) is 2.28. The van der Waals surface area contributed by atoms with Crippen LogP contribution >= 0.6 is 11.6 Å². The SMILES string of the molecule is C#CCC(CC)NCc1ccc(Cl)c(C)c1. The zero-order valence-electron chi connectivity index (χ0n) is 9.89. The zero-order chi connectivity index (χ0) is 12.0. The van der Waals surface area contributed by atoms with Crippen molar-refractivity contribution in [3.63, 3.8) is 0 Å². The highest BCUT2D eigenvalue weighted by molar-refractivity contribution is 6.31. The maximum absolute atomic E-state index is 5.97. The van der Waals surface area contributed by atoms with Gasteiger partial charge in [0.1, 0.15) is 0 Å². The standard InChI is InChI=1S/C14H18ClN/c1-4-6-13(5-2)16-10-12-7-8-14(15)11(3)9-12/h1,7-9,13,16H,5-6,10H2,2-3H3. The van der Waals surface area contributed by atoms with E-state index >= 15 is 0 Å². The highest BCUT2D eigenvalue weighted by Gasteiger charge is 2.04. The Kier molecular flexibility index (Phi) is 5.38. The van der Waals surface area contributed by atoms with Crippen molar-refractivity contribution in [2.45, 2.75) is 39.3 Å². The van der Waals surface area contributed by atoms with Gasteiger partial charge in [0, 0.05) is 24.0 Å². The molecule has 0 bridgehead atoms. The maximum Gasteiger partial charge on any atom is 0.0435 e. The molecule has 0 aliphatic carbocycles. The lowest BCUT2D eigenvalue weighted by Gasteiger charge is -2.14. The minimum absolute atomic E-state index is 0.404.